The number of morpholine rings is 1. The van der Waals surface area contributed by atoms with Crippen molar-refractivity contribution >= 4 is 55.4 Å². The molecule has 6 heterocycles. The maximum absolute atomic E-state index is 14.7. The Hall–Kier alpha value is -5.79. The molecule has 4 N–H and O–H groups in total. The molecule has 0 radical (unpaired) electrons. The summed E-state index contributed by atoms with van der Waals surface area (Å²) in [6.45, 7) is 14.0. The predicted molar refractivity (Wildman–Crippen MR) is 279 cm³/mol. The number of ether oxygens (including phenoxy) is 3. The minimum Gasteiger partial charge on any atom is -0.470 e. The third kappa shape index (κ3) is 9.42. The van der Waals surface area contributed by atoms with E-state index in [1.807, 2.05) is 42.3 Å². The molecule has 6 aliphatic rings. The van der Waals surface area contributed by atoms with Crippen molar-refractivity contribution < 1.29 is 37.5 Å². The number of hydrogen-bond acceptors (Lipinski definition) is 14. The molecule has 5 fully saturated rings. The number of pyridine rings is 1. The smallest absolute Gasteiger partial charge is 0.293 e. The van der Waals surface area contributed by atoms with Crippen LogP contribution in [0.25, 0.3) is 11.0 Å². The summed E-state index contributed by atoms with van der Waals surface area (Å²) < 4.78 is 49.5. The van der Waals surface area contributed by atoms with Gasteiger partial charge in [-0.05, 0) is 129 Å². The van der Waals surface area contributed by atoms with Crippen molar-refractivity contribution in [2.45, 2.75) is 120 Å². The highest BCUT2D eigenvalue weighted by molar-refractivity contribution is 7.90. The number of aromatic amines is 1. The number of carbonyl (C=O) groups is 1. The summed E-state index contributed by atoms with van der Waals surface area (Å²) >= 11 is 0. The van der Waals surface area contributed by atoms with Crippen LogP contribution < -0.4 is 24.6 Å². The molecule has 1 spiro atoms. The summed E-state index contributed by atoms with van der Waals surface area (Å²) in [6.07, 6.45) is 7.99. The van der Waals surface area contributed by atoms with Crippen molar-refractivity contribution in [1.29, 1.82) is 0 Å². The van der Waals surface area contributed by atoms with E-state index in [0.717, 1.165) is 75.5 Å². The van der Waals surface area contributed by atoms with Crippen molar-refractivity contribution in [3.05, 3.63) is 106 Å². The predicted octanol–water partition coefficient (Wildman–Crippen LogP) is 8.82. The molecule has 3 saturated heterocycles. The molecule has 5 atom stereocenters. The lowest BCUT2D eigenvalue weighted by Crippen LogP contribution is -2.63. The van der Waals surface area contributed by atoms with Crippen LogP contribution in [0.15, 0.2) is 83.9 Å². The first-order chi connectivity index (χ1) is 35.1. The van der Waals surface area contributed by atoms with E-state index in [9.17, 15) is 28.4 Å². The molecule has 18 heteroatoms. The monoisotopic (exact) mass is 1020 g/mol. The number of rotatable bonds is 12. The topological polar surface area (TPSA) is 205 Å². The number of nitrogens with zero attached hydrogens (tertiary/aromatic N) is 5. The van der Waals surface area contributed by atoms with E-state index < -0.39 is 37.0 Å². The largest absolute Gasteiger partial charge is 0.470 e. The number of amides is 1. The molecule has 2 saturated carbocycles. The molecule has 17 nitrogen and oxygen atoms in total. The molecule has 388 valence electrons. The lowest BCUT2D eigenvalue weighted by atomic mass is 9.53. The second kappa shape index (κ2) is 19.5. The van der Waals surface area contributed by atoms with E-state index in [0.29, 0.717) is 86.4 Å². The number of piperidine rings is 1. The molecular formula is C55H68N8O9S. The number of nitro benzene ring substituents is 1. The van der Waals surface area contributed by atoms with Gasteiger partial charge in [-0.25, -0.2) is 13.1 Å². The number of carbonyl (C=O) groups excluding carboxylic acids is 1. The standard InChI is InChI=1S/C55H68N8O9S/c1-34(2)40-7-5-6-8-41(40)48-32-71-26-24-61(48)47-30-55(35(47)3)19-22-60(23-20-55)38-9-11-42(44(28-38)62-46-27-37-15-21-56-51(37)58-53(46)72-50-16-25-70-33-49(50)62)52(64)59-73(68,69)39-10-12-43(45(29-39)63(66)67)57-31-36-13-17-54(4,65)18-14-36/h5-12,15,21,27-29,34-36,47-50,57,65H,13-14,16-20,22-26,30-33H2,1-4H3,(H,56,58)(H,59,64)/t35-,36-,47+,48-,49-,50-,54-/m1/s1. The molecule has 0 bridgehead atoms. The Morgan fingerprint density at radius 3 is 2.49 bits per heavy atom. The van der Waals surface area contributed by atoms with Gasteiger partial charge in [-0.15, -0.1) is 0 Å². The maximum Gasteiger partial charge on any atom is 0.293 e. The molecule has 5 aromatic rings. The Labute approximate surface area is 427 Å². The Kier molecular flexibility index (Phi) is 13.2. The Morgan fingerprint density at radius 1 is 0.945 bits per heavy atom. The number of benzene rings is 3. The fraction of sp³-hybridized carbons (Fsp3) is 0.527. The van der Waals surface area contributed by atoms with E-state index in [1.54, 1.807) is 6.07 Å². The van der Waals surface area contributed by atoms with E-state index in [4.69, 9.17) is 19.2 Å². The summed E-state index contributed by atoms with van der Waals surface area (Å²) in [5, 5.41) is 26.8. The number of fused-ring (bicyclic) bond motifs is 3. The molecule has 4 aliphatic heterocycles. The molecule has 73 heavy (non-hydrogen) atoms. The summed E-state index contributed by atoms with van der Waals surface area (Å²) in [5.41, 5.74) is 4.74. The third-order valence-electron chi connectivity index (χ3n) is 17.4. The van der Waals surface area contributed by atoms with Crippen molar-refractivity contribution in [3.63, 3.8) is 0 Å². The van der Waals surface area contributed by atoms with E-state index >= 15 is 0 Å². The van der Waals surface area contributed by atoms with Crippen LogP contribution in [0, 0.1) is 27.4 Å². The van der Waals surface area contributed by atoms with Gasteiger partial charge in [0.15, 0.2) is 0 Å². The number of nitro groups is 1. The second-order valence-corrected chi connectivity index (χ2v) is 23.8. The lowest BCUT2D eigenvalue weighted by Gasteiger charge is -2.62. The highest BCUT2D eigenvalue weighted by Gasteiger charge is 2.55. The quantitative estimate of drug-likeness (QED) is 0.0681. The van der Waals surface area contributed by atoms with Gasteiger partial charge in [0.1, 0.15) is 23.1 Å². The van der Waals surface area contributed by atoms with Crippen molar-refractivity contribution in [2.24, 2.45) is 17.3 Å². The molecule has 1 amide bonds. The fourth-order valence-corrected chi connectivity index (χ4v) is 13.9. The van der Waals surface area contributed by atoms with Crippen molar-refractivity contribution in [2.75, 3.05) is 67.7 Å². The number of aliphatic hydroxyl groups is 1. The molecule has 0 unspecified atom stereocenters. The zero-order chi connectivity index (χ0) is 50.8. The van der Waals surface area contributed by atoms with E-state index in [-0.39, 0.29) is 40.8 Å². The average Bonchev–Trinajstić information content (AvgIpc) is 3.85. The van der Waals surface area contributed by atoms with Gasteiger partial charge in [0.2, 0.25) is 5.88 Å². The molecule has 2 aliphatic carbocycles. The summed E-state index contributed by atoms with van der Waals surface area (Å²) in [5.74, 6) is 0.611. The van der Waals surface area contributed by atoms with Crippen LogP contribution >= 0.6 is 0 Å². The minimum absolute atomic E-state index is 0.0981. The molecule has 2 aromatic heterocycles. The first-order valence-electron chi connectivity index (χ1n) is 26.2. The lowest BCUT2D eigenvalue weighted by molar-refractivity contribution is -0.384. The molecule has 3 aromatic carbocycles. The third-order valence-corrected chi connectivity index (χ3v) is 18.7. The van der Waals surface area contributed by atoms with Gasteiger partial charge in [0.05, 0.1) is 65.2 Å². The van der Waals surface area contributed by atoms with Gasteiger partial charge in [-0.2, -0.15) is 4.98 Å². The Balaban J connectivity index is 0.873. The number of aromatic nitrogens is 2. The van der Waals surface area contributed by atoms with Crippen LogP contribution in [0.1, 0.15) is 113 Å². The van der Waals surface area contributed by atoms with Crippen LogP contribution in [0.2, 0.25) is 0 Å². The SMILES string of the molecule is CC(C)c1ccccc1[C@H]1COCCN1[C@H]1CC2(CCN(c3ccc(C(=O)NS(=O)(=O)c4ccc(NC[C@H]5CC[C@](C)(O)CC5)c([N+](=O)[O-])c4)c(N4c5cc6cc[nH]c6nc5O[C@@H]5CCOC[C@H]54)c3)CC2)[C@@H]1C. The highest BCUT2D eigenvalue weighted by atomic mass is 32.2. The number of hydrogen-bond donors (Lipinski definition) is 4. The molecular weight excluding hydrogens is 949 g/mol. The zero-order valence-electron chi connectivity index (χ0n) is 42.2. The van der Waals surface area contributed by atoms with Gasteiger partial charge in [0.25, 0.3) is 21.6 Å². The van der Waals surface area contributed by atoms with Gasteiger partial charge in [-0.3, -0.25) is 19.8 Å². The minimum atomic E-state index is -4.63. The van der Waals surface area contributed by atoms with E-state index in [2.05, 4.69) is 69.9 Å². The number of sulfonamides is 1. The van der Waals surface area contributed by atoms with Gasteiger partial charge in [-0.1, -0.05) is 45.0 Å². The van der Waals surface area contributed by atoms with Crippen LogP contribution in [-0.2, 0) is 19.5 Å². The summed E-state index contributed by atoms with van der Waals surface area (Å²) in [4.78, 5) is 41.3. The van der Waals surface area contributed by atoms with Crippen LogP contribution in [0.4, 0.5) is 28.4 Å². The van der Waals surface area contributed by atoms with Crippen LogP contribution in [-0.4, -0.2) is 116 Å². The van der Waals surface area contributed by atoms with Crippen molar-refractivity contribution in [1.82, 2.24) is 19.6 Å². The van der Waals surface area contributed by atoms with Crippen LogP contribution in [0.3, 0.4) is 0 Å². The molecule has 11 rings (SSSR count). The first kappa shape index (κ1) is 49.4. The first-order valence-corrected chi connectivity index (χ1v) is 27.7. The van der Waals surface area contributed by atoms with E-state index in [1.165, 1.54) is 23.3 Å². The number of anilines is 4. The average molecular weight is 1020 g/mol. The summed E-state index contributed by atoms with van der Waals surface area (Å²) in [7, 11) is -4.63. The van der Waals surface area contributed by atoms with Crippen molar-refractivity contribution in [3.8, 4) is 5.88 Å². The Bertz CT molecular complexity index is 3000. The van der Waals surface area contributed by atoms with Gasteiger partial charge >= 0.3 is 0 Å². The number of H-pyrrole nitrogens is 1. The highest BCUT2D eigenvalue weighted by Crippen LogP contribution is 2.57. The Morgan fingerprint density at radius 2 is 1.73 bits per heavy atom. The second-order valence-electron chi connectivity index (χ2n) is 22.1. The maximum atomic E-state index is 14.7. The van der Waals surface area contributed by atoms with Gasteiger partial charge in [0, 0.05) is 62.0 Å². The zero-order valence-corrected chi connectivity index (χ0v) is 43.0. The summed E-state index contributed by atoms with van der Waals surface area (Å²) in [6, 6.07) is 22.2. The normalized spacial score (nSPS) is 27.2. The van der Waals surface area contributed by atoms with Crippen LogP contribution in [0.5, 0.6) is 5.88 Å². The fourth-order valence-electron chi connectivity index (χ4n) is 12.9. The van der Waals surface area contributed by atoms with Gasteiger partial charge < -0.3 is 39.4 Å². The number of nitrogens with one attached hydrogen (secondary N) is 3.